The van der Waals surface area contributed by atoms with Gasteiger partial charge in [0.2, 0.25) is 5.78 Å². The summed E-state index contributed by atoms with van der Waals surface area (Å²) in [5.41, 5.74) is 3.88. The number of aromatic amines is 1. The number of Topliss-reactive ketones (excluding diaryl/α,β-unsaturated/α-hetero) is 2. The second-order valence-electron chi connectivity index (χ2n) is 8.24. The fourth-order valence-electron chi connectivity index (χ4n) is 4.69. The van der Waals surface area contributed by atoms with Gasteiger partial charge in [0, 0.05) is 11.3 Å². The molecule has 3 atom stereocenters. The van der Waals surface area contributed by atoms with Crippen molar-refractivity contribution < 1.29 is 14.5 Å². The molecular formula is C23H28N3O2S+. The van der Waals surface area contributed by atoms with Gasteiger partial charge >= 0.3 is 0 Å². The second kappa shape index (κ2) is 7.84. The summed E-state index contributed by atoms with van der Waals surface area (Å²) < 4.78 is 1.23. The normalized spacial score (nSPS) is 20.7. The quantitative estimate of drug-likeness (QED) is 0.633. The van der Waals surface area contributed by atoms with Gasteiger partial charge in [-0.1, -0.05) is 12.1 Å². The van der Waals surface area contributed by atoms with Gasteiger partial charge in [-0.25, -0.2) is 4.98 Å². The Labute approximate surface area is 175 Å². The van der Waals surface area contributed by atoms with Crippen LogP contribution < -0.4 is 4.90 Å². The fourth-order valence-corrected chi connectivity index (χ4v) is 5.79. The molecule has 0 saturated carbocycles. The van der Waals surface area contributed by atoms with Gasteiger partial charge in [0.25, 0.3) is 0 Å². The lowest BCUT2D eigenvalue weighted by Gasteiger charge is -2.32. The maximum absolute atomic E-state index is 13.3. The van der Waals surface area contributed by atoms with Crippen LogP contribution >= 0.6 is 11.3 Å². The van der Waals surface area contributed by atoms with Crippen LogP contribution in [0.4, 0.5) is 0 Å². The molecular weight excluding hydrogens is 382 g/mol. The summed E-state index contributed by atoms with van der Waals surface area (Å²) in [5.74, 6) is 0.493. The van der Waals surface area contributed by atoms with Crippen molar-refractivity contribution in [2.75, 3.05) is 13.1 Å². The van der Waals surface area contributed by atoms with Crippen molar-refractivity contribution in [2.24, 2.45) is 0 Å². The Morgan fingerprint density at radius 3 is 2.72 bits per heavy atom. The molecule has 1 aromatic carbocycles. The van der Waals surface area contributed by atoms with Crippen molar-refractivity contribution in [2.45, 2.75) is 52.5 Å². The number of aryl methyl sites for hydroxylation is 1. The van der Waals surface area contributed by atoms with Crippen LogP contribution in [-0.4, -0.2) is 40.7 Å². The van der Waals surface area contributed by atoms with E-state index >= 15 is 0 Å². The lowest BCUT2D eigenvalue weighted by Crippen LogP contribution is -3.17. The number of nitrogens with zero attached hydrogens (tertiary/aromatic N) is 1. The number of aromatic nitrogens is 2. The molecule has 152 valence electrons. The zero-order chi connectivity index (χ0) is 20.7. The third-order valence-electron chi connectivity index (χ3n) is 6.26. The molecule has 0 amide bonds. The molecule has 1 fully saturated rings. The fraction of sp³-hybridized carbons (Fsp3) is 0.435. The number of hydrogen-bond acceptors (Lipinski definition) is 4. The van der Waals surface area contributed by atoms with Crippen molar-refractivity contribution in [3.63, 3.8) is 0 Å². The number of rotatable bonds is 5. The predicted octanol–water partition coefficient (Wildman–Crippen LogP) is 3.48. The SMILES string of the molecule is CC(=O)c1c(C)[nH]c(C(=O)[C@@H](C)[NH+]2CCC[C@H](c3nc4ccccc4s3)C2)c1C. The van der Waals surface area contributed by atoms with Gasteiger partial charge in [-0.05, 0) is 58.2 Å². The number of ketones is 2. The van der Waals surface area contributed by atoms with Crippen LogP contribution in [0.1, 0.15) is 69.7 Å². The molecule has 2 aromatic heterocycles. The Bertz CT molecular complexity index is 1050. The maximum atomic E-state index is 13.3. The molecule has 3 aromatic rings. The number of benzene rings is 1. The van der Waals surface area contributed by atoms with E-state index in [1.165, 1.54) is 14.6 Å². The highest BCUT2D eigenvalue weighted by atomic mass is 32.1. The first-order chi connectivity index (χ1) is 13.9. The number of quaternary nitrogens is 1. The summed E-state index contributed by atoms with van der Waals surface area (Å²) >= 11 is 1.78. The number of carbonyl (C=O) groups excluding carboxylic acids is 2. The number of likely N-dealkylation sites (tertiary alicyclic amines) is 1. The lowest BCUT2D eigenvalue weighted by atomic mass is 9.95. The van der Waals surface area contributed by atoms with E-state index in [1.807, 2.05) is 26.8 Å². The number of carbonyl (C=O) groups is 2. The van der Waals surface area contributed by atoms with Crippen molar-refractivity contribution in [1.29, 1.82) is 0 Å². The van der Waals surface area contributed by atoms with Gasteiger partial charge in [-0.2, -0.15) is 0 Å². The smallest absolute Gasteiger partial charge is 0.235 e. The third-order valence-corrected chi connectivity index (χ3v) is 7.46. The first-order valence-corrected chi connectivity index (χ1v) is 11.1. The van der Waals surface area contributed by atoms with Crippen LogP contribution in [-0.2, 0) is 0 Å². The van der Waals surface area contributed by atoms with Gasteiger partial charge < -0.3 is 9.88 Å². The molecule has 1 unspecified atom stereocenters. The van der Waals surface area contributed by atoms with E-state index in [2.05, 4.69) is 23.2 Å². The molecule has 29 heavy (non-hydrogen) atoms. The molecule has 2 N–H and O–H groups in total. The zero-order valence-corrected chi connectivity index (χ0v) is 18.3. The summed E-state index contributed by atoms with van der Waals surface area (Å²) in [7, 11) is 0. The standard InChI is InChI=1S/C23H27N3O2S/c1-13-20(16(4)27)14(2)24-21(13)22(28)15(3)26-11-7-8-17(12-26)23-25-18-9-5-6-10-19(18)29-23/h5-6,9-10,15,17,24H,7-8,11-12H2,1-4H3/p+1/t15-,17+/m1/s1. The van der Waals surface area contributed by atoms with Crippen LogP contribution in [0.5, 0.6) is 0 Å². The Morgan fingerprint density at radius 2 is 2.03 bits per heavy atom. The Kier molecular flexibility index (Phi) is 5.40. The minimum Gasteiger partial charge on any atom is -0.355 e. The van der Waals surface area contributed by atoms with Crippen molar-refractivity contribution in [3.05, 3.63) is 51.8 Å². The summed E-state index contributed by atoms with van der Waals surface area (Å²) in [4.78, 5) is 34.5. The number of H-pyrrole nitrogens is 1. The topological polar surface area (TPSA) is 67.3 Å². The summed E-state index contributed by atoms with van der Waals surface area (Å²) in [6, 6.07) is 8.13. The molecule has 1 saturated heterocycles. The van der Waals surface area contributed by atoms with E-state index in [-0.39, 0.29) is 17.6 Å². The summed E-state index contributed by atoms with van der Waals surface area (Å²) in [6.07, 6.45) is 2.22. The van der Waals surface area contributed by atoms with E-state index in [1.54, 1.807) is 18.3 Å². The van der Waals surface area contributed by atoms with Crippen molar-refractivity contribution in [3.8, 4) is 0 Å². The molecule has 6 heteroatoms. The highest BCUT2D eigenvalue weighted by Crippen LogP contribution is 2.30. The molecule has 1 aliphatic rings. The summed E-state index contributed by atoms with van der Waals surface area (Å²) in [5, 5.41) is 1.19. The van der Waals surface area contributed by atoms with Gasteiger partial charge in [-0.3, -0.25) is 9.59 Å². The number of thiazole rings is 1. The molecule has 3 heterocycles. The van der Waals surface area contributed by atoms with Gasteiger partial charge in [0.05, 0.1) is 34.9 Å². The van der Waals surface area contributed by atoms with Crippen LogP contribution in [0.25, 0.3) is 10.2 Å². The van der Waals surface area contributed by atoms with Gasteiger partial charge in [0.1, 0.15) is 5.01 Å². The maximum Gasteiger partial charge on any atom is 0.235 e. The second-order valence-corrected chi connectivity index (χ2v) is 9.30. The first-order valence-electron chi connectivity index (χ1n) is 10.3. The Morgan fingerprint density at radius 1 is 1.28 bits per heavy atom. The average molecular weight is 411 g/mol. The molecule has 1 aliphatic heterocycles. The van der Waals surface area contributed by atoms with Gasteiger partial charge in [0.15, 0.2) is 11.8 Å². The highest BCUT2D eigenvalue weighted by molar-refractivity contribution is 7.18. The molecule has 0 spiro atoms. The van der Waals surface area contributed by atoms with E-state index in [4.69, 9.17) is 4.98 Å². The van der Waals surface area contributed by atoms with E-state index < -0.39 is 0 Å². The first kappa shape index (κ1) is 20.0. The Hall–Kier alpha value is -2.31. The molecule has 4 rings (SSSR count). The summed E-state index contributed by atoms with van der Waals surface area (Å²) in [6.45, 7) is 9.22. The largest absolute Gasteiger partial charge is 0.355 e. The van der Waals surface area contributed by atoms with E-state index in [9.17, 15) is 9.59 Å². The third kappa shape index (κ3) is 3.67. The minimum atomic E-state index is -0.149. The zero-order valence-electron chi connectivity index (χ0n) is 17.5. The monoisotopic (exact) mass is 410 g/mol. The number of nitrogens with one attached hydrogen (secondary N) is 2. The van der Waals surface area contributed by atoms with E-state index in [0.29, 0.717) is 17.2 Å². The molecule has 5 nitrogen and oxygen atoms in total. The molecule has 0 radical (unpaired) electrons. The van der Waals surface area contributed by atoms with Crippen molar-refractivity contribution in [1.82, 2.24) is 9.97 Å². The number of para-hydroxylation sites is 1. The Balaban J connectivity index is 1.54. The van der Waals surface area contributed by atoms with Crippen LogP contribution in [0.15, 0.2) is 24.3 Å². The molecule has 0 bridgehead atoms. The predicted molar refractivity (Wildman–Crippen MR) is 116 cm³/mol. The van der Waals surface area contributed by atoms with E-state index in [0.717, 1.165) is 42.7 Å². The van der Waals surface area contributed by atoms with Crippen LogP contribution in [0.2, 0.25) is 0 Å². The number of fused-ring (bicyclic) bond motifs is 1. The minimum absolute atomic E-state index is 0.00386. The average Bonchev–Trinajstić information content (AvgIpc) is 3.27. The van der Waals surface area contributed by atoms with Crippen molar-refractivity contribution >= 4 is 33.1 Å². The lowest BCUT2D eigenvalue weighted by molar-refractivity contribution is -0.919. The van der Waals surface area contributed by atoms with Crippen LogP contribution in [0.3, 0.4) is 0 Å². The number of piperidine rings is 1. The van der Waals surface area contributed by atoms with Gasteiger partial charge in [-0.15, -0.1) is 11.3 Å². The van der Waals surface area contributed by atoms with Crippen LogP contribution in [0, 0.1) is 13.8 Å². The molecule has 0 aliphatic carbocycles. The number of hydrogen-bond donors (Lipinski definition) is 2. The highest BCUT2D eigenvalue weighted by Gasteiger charge is 2.35.